The van der Waals surface area contributed by atoms with Crippen molar-refractivity contribution >= 4 is 24.2 Å². The molecular formula is C18H30N2O4SSi. The van der Waals surface area contributed by atoms with Gasteiger partial charge in [0.05, 0.1) is 4.90 Å². The van der Waals surface area contributed by atoms with Crippen molar-refractivity contribution in [3.8, 4) is 0 Å². The third kappa shape index (κ3) is 4.94. The number of nitrogens with one attached hydrogen (secondary N) is 2. The smallest absolute Gasteiger partial charge is 0.248 e. The van der Waals surface area contributed by atoms with Crippen LogP contribution >= 0.6 is 0 Å². The summed E-state index contributed by atoms with van der Waals surface area (Å²) in [7, 11) is -5.77. The molecule has 0 bridgehead atoms. The first-order valence-corrected chi connectivity index (χ1v) is 13.3. The Bertz CT molecular complexity index is 754. The zero-order chi connectivity index (χ0) is 19.8. The molecule has 1 aromatic rings. The Labute approximate surface area is 157 Å². The average Bonchev–Trinajstić information content (AvgIpc) is 2.49. The fourth-order valence-electron chi connectivity index (χ4n) is 2.52. The topological polar surface area (TPSA) is 84.5 Å². The largest absolute Gasteiger partial charge is 0.405 e. The maximum atomic E-state index is 12.6. The lowest BCUT2D eigenvalue weighted by molar-refractivity contribution is -0.131. The monoisotopic (exact) mass is 398 g/mol. The molecule has 1 aliphatic heterocycles. The Kier molecular flexibility index (Phi) is 6.02. The summed E-state index contributed by atoms with van der Waals surface area (Å²) < 4.78 is 34.1. The quantitative estimate of drug-likeness (QED) is 0.747. The molecule has 0 unspecified atom stereocenters. The molecule has 2 atom stereocenters. The Morgan fingerprint density at radius 1 is 1.19 bits per heavy atom. The van der Waals surface area contributed by atoms with Crippen LogP contribution in [0.25, 0.3) is 0 Å². The molecule has 8 heteroatoms. The SMILES string of the molecule is Cc1ccc(S(=O)(=O)N[C@H]2CNC(=O)[C@H](O[Si](C)(C)C(C)(C)C)C2)cc1. The van der Waals surface area contributed by atoms with E-state index in [1.165, 1.54) is 0 Å². The number of carbonyl (C=O) groups excluding carboxylic acids is 1. The predicted octanol–water partition coefficient (Wildman–Crippen LogP) is 2.55. The van der Waals surface area contributed by atoms with Crippen LogP contribution in [0.1, 0.15) is 32.8 Å². The second-order valence-electron chi connectivity index (χ2n) is 8.48. The first kappa shape index (κ1) is 21.1. The van der Waals surface area contributed by atoms with E-state index in [0.29, 0.717) is 6.42 Å². The van der Waals surface area contributed by atoms with Crippen LogP contribution in [0, 0.1) is 6.92 Å². The standard InChI is InChI=1S/C18H30N2O4SSi/c1-13-7-9-15(10-8-13)25(22,23)20-14-11-16(17(21)19-12-14)24-26(5,6)18(2,3)4/h7-10,14,16,20H,11-12H2,1-6H3,(H,19,21)/t14-,16-/m1/s1. The maximum absolute atomic E-state index is 12.6. The normalized spacial score (nSPS) is 22.2. The molecule has 26 heavy (non-hydrogen) atoms. The van der Waals surface area contributed by atoms with Crippen LogP contribution in [-0.2, 0) is 19.2 Å². The van der Waals surface area contributed by atoms with Gasteiger partial charge in [0, 0.05) is 12.6 Å². The van der Waals surface area contributed by atoms with Crippen molar-refractivity contribution in [2.45, 2.75) is 69.3 Å². The highest BCUT2D eigenvalue weighted by Crippen LogP contribution is 2.38. The maximum Gasteiger partial charge on any atom is 0.248 e. The van der Waals surface area contributed by atoms with E-state index in [0.717, 1.165) is 5.56 Å². The summed E-state index contributed by atoms with van der Waals surface area (Å²) in [5.41, 5.74) is 0.997. The van der Waals surface area contributed by atoms with Crippen LogP contribution < -0.4 is 10.0 Å². The van der Waals surface area contributed by atoms with Crippen molar-refractivity contribution in [3.05, 3.63) is 29.8 Å². The van der Waals surface area contributed by atoms with E-state index in [1.807, 2.05) is 6.92 Å². The highest BCUT2D eigenvalue weighted by molar-refractivity contribution is 7.89. The molecule has 0 saturated carbocycles. The van der Waals surface area contributed by atoms with Gasteiger partial charge in [-0.3, -0.25) is 4.79 Å². The van der Waals surface area contributed by atoms with Gasteiger partial charge in [0.2, 0.25) is 15.9 Å². The fourth-order valence-corrected chi connectivity index (χ4v) is 5.03. The lowest BCUT2D eigenvalue weighted by Gasteiger charge is -2.41. The summed E-state index contributed by atoms with van der Waals surface area (Å²) in [5, 5.41) is 2.74. The third-order valence-corrected chi connectivity index (χ3v) is 11.2. The minimum atomic E-state index is -3.64. The van der Waals surface area contributed by atoms with Crippen LogP contribution in [0.5, 0.6) is 0 Å². The van der Waals surface area contributed by atoms with Crippen LogP contribution in [0.15, 0.2) is 29.2 Å². The predicted molar refractivity (Wildman–Crippen MR) is 105 cm³/mol. The number of hydrogen-bond donors (Lipinski definition) is 2. The Morgan fingerprint density at radius 2 is 1.77 bits per heavy atom. The molecule has 0 aromatic heterocycles. The van der Waals surface area contributed by atoms with E-state index in [-0.39, 0.29) is 22.4 Å². The van der Waals surface area contributed by atoms with E-state index in [2.05, 4.69) is 43.9 Å². The second kappa shape index (κ2) is 7.42. The lowest BCUT2D eigenvalue weighted by Crippen LogP contribution is -2.57. The summed E-state index contributed by atoms with van der Waals surface area (Å²) in [5.74, 6) is -0.166. The fraction of sp³-hybridized carbons (Fsp3) is 0.611. The minimum Gasteiger partial charge on any atom is -0.405 e. The molecule has 1 amide bonds. The van der Waals surface area contributed by atoms with Gasteiger partial charge in [0.1, 0.15) is 6.10 Å². The van der Waals surface area contributed by atoms with Crippen molar-refractivity contribution < 1.29 is 17.6 Å². The molecule has 0 aliphatic carbocycles. The van der Waals surface area contributed by atoms with Crippen LogP contribution in [0.4, 0.5) is 0 Å². The Morgan fingerprint density at radius 3 is 2.31 bits per heavy atom. The Balaban J connectivity index is 2.10. The first-order valence-electron chi connectivity index (χ1n) is 8.86. The number of amides is 1. The highest BCUT2D eigenvalue weighted by atomic mass is 32.2. The third-order valence-electron chi connectivity index (χ3n) is 5.21. The van der Waals surface area contributed by atoms with Crippen molar-refractivity contribution in [2.24, 2.45) is 0 Å². The van der Waals surface area contributed by atoms with Crippen LogP contribution in [-0.4, -0.2) is 41.3 Å². The molecule has 0 radical (unpaired) electrons. The number of hydrogen-bond acceptors (Lipinski definition) is 4. The molecule has 146 valence electrons. The van der Waals surface area contributed by atoms with E-state index in [4.69, 9.17) is 4.43 Å². The second-order valence-corrected chi connectivity index (χ2v) is 14.9. The van der Waals surface area contributed by atoms with Crippen molar-refractivity contribution in [3.63, 3.8) is 0 Å². The van der Waals surface area contributed by atoms with Gasteiger partial charge in [-0.1, -0.05) is 38.5 Å². The van der Waals surface area contributed by atoms with Gasteiger partial charge in [0.25, 0.3) is 0 Å². The molecule has 1 aliphatic rings. The van der Waals surface area contributed by atoms with Crippen molar-refractivity contribution in [1.82, 2.24) is 10.0 Å². The summed E-state index contributed by atoms with van der Waals surface area (Å²) in [4.78, 5) is 12.5. The molecular weight excluding hydrogens is 368 g/mol. The van der Waals surface area contributed by atoms with Crippen LogP contribution in [0.2, 0.25) is 18.1 Å². The number of benzene rings is 1. The number of aryl methyl sites for hydroxylation is 1. The minimum absolute atomic E-state index is 0.0262. The molecule has 2 rings (SSSR count). The van der Waals surface area contributed by atoms with Gasteiger partial charge in [-0.15, -0.1) is 0 Å². The molecule has 2 N–H and O–H groups in total. The zero-order valence-electron chi connectivity index (χ0n) is 16.4. The van der Waals surface area contributed by atoms with Crippen molar-refractivity contribution in [2.75, 3.05) is 6.54 Å². The summed E-state index contributed by atoms with van der Waals surface area (Å²) in [6.45, 7) is 12.7. The first-order chi connectivity index (χ1) is 11.8. The number of sulfonamides is 1. The molecule has 1 fully saturated rings. The molecule has 6 nitrogen and oxygen atoms in total. The van der Waals surface area contributed by atoms with E-state index < -0.39 is 30.5 Å². The van der Waals surface area contributed by atoms with E-state index in [1.54, 1.807) is 24.3 Å². The highest BCUT2D eigenvalue weighted by Gasteiger charge is 2.42. The molecule has 1 heterocycles. The number of carbonyl (C=O) groups is 1. The average molecular weight is 399 g/mol. The zero-order valence-corrected chi connectivity index (χ0v) is 18.2. The molecule has 1 saturated heterocycles. The van der Waals surface area contributed by atoms with Crippen molar-refractivity contribution in [1.29, 1.82) is 0 Å². The molecule has 0 spiro atoms. The van der Waals surface area contributed by atoms with Crippen LogP contribution in [0.3, 0.4) is 0 Å². The Hall–Kier alpha value is -1.22. The van der Waals surface area contributed by atoms with E-state index >= 15 is 0 Å². The molecule has 1 aromatic carbocycles. The van der Waals surface area contributed by atoms with Gasteiger partial charge in [-0.25, -0.2) is 13.1 Å². The summed E-state index contributed by atoms with van der Waals surface area (Å²) in [6, 6.07) is 6.31. The number of rotatable bonds is 5. The van der Waals surface area contributed by atoms with Gasteiger partial charge in [0.15, 0.2) is 8.32 Å². The van der Waals surface area contributed by atoms with Gasteiger partial charge >= 0.3 is 0 Å². The summed E-state index contributed by atoms with van der Waals surface area (Å²) >= 11 is 0. The van der Waals surface area contributed by atoms with Gasteiger partial charge in [-0.05, 0) is 43.6 Å². The lowest BCUT2D eigenvalue weighted by atomic mass is 10.1. The van der Waals surface area contributed by atoms with Gasteiger partial charge < -0.3 is 9.74 Å². The van der Waals surface area contributed by atoms with E-state index in [9.17, 15) is 13.2 Å². The summed E-state index contributed by atoms with van der Waals surface area (Å²) in [6.07, 6.45) is -0.293. The van der Waals surface area contributed by atoms with Gasteiger partial charge in [-0.2, -0.15) is 0 Å². The number of piperidine rings is 1.